The predicted octanol–water partition coefficient (Wildman–Crippen LogP) is 3.06. The van der Waals surface area contributed by atoms with Gasteiger partial charge in [0, 0.05) is 61.1 Å². The molecule has 0 saturated carbocycles. The van der Waals surface area contributed by atoms with E-state index in [9.17, 15) is 0 Å². The van der Waals surface area contributed by atoms with Crippen molar-refractivity contribution in [2.45, 2.75) is 0 Å². The zero-order chi connectivity index (χ0) is 18.6. The normalized spacial score (nSPS) is 14.2. The molecule has 1 saturated heterocycles. The van der Waals surface area contributed by atoms with Crippen molar-refractivity contribution in [3.8, 4) is 11.3 Å². The van der Waals surface area contributed by atoms with Crippen LogP contribution in [0.15, 0.2) is 49.1 Å². The lowest BCUT2D eigenvalue weighted by molar-refractivity contribution is 0.122. The van der Waals surface area contributed by atoms with Crippen molar-refractivity contribution < 1.29 is 4.74 Å². The molecule has 2 N–H and O–H groups in total. The summed E-state index contributed by atoms with van der Waals surface area (Å²) in [5.74, 6) is 0.933. The highest BCUT2D eigenvalue weighted by atomic mass is 16.5. The Morgan fingerprint density at radius 1 is 1.19 bits per heavy atom. The van der Waals surface area contributed by atoms with Gasteiger partial charge in [-0.25, -0.2) is 9.97 Å². The second kappa shape index (κ2) is 7.59. The van der Waals surface area contributed by atoms with Crippen molar-refractivity contribution in [1.82, 2.24) is 14.5 Å². The molecular weight excluding hydrogens is 340 g/mol. The van der Waals surface area contributed by atoms with E-state index in [0.717, 1.165) is 60.3 Å². The third-order valence-electron chi connectivity index (χ3n) is 4.68. The number of rotatable bonds is 5. The average Bonchev–Trinajstić information content (AvgIpc) is 3.15. The molecule has 0 spiro atoms. The number of nitrogens with one attached hydrogen (secondary N) is 2. The molecule has 0 atom stereocenters. The van der Waals surface area contributed by atoms with Gasteiger partial charge in [0.25, 0.3) is 0 Å². The minimum Gasteiger partial charge on any atom is -0.378 e. The maximum atomic E-state index is 7.72. The van der Waals surface area contributed by atoms with Crippen LogP contribution >= 0.6 is 0 Å². The lowest BCUT2D eigenvalue weighted by atomic mass is 10.1. The number of imidazole rings is 1. The van der Waals surface area contributed by atoms with E-state index in [0.29, 0.717) is 0 Å². The molecule has 7 heteroatoms. The molecule has 0 radical (unpaired) electrons. The summed E-state index contributed by atoms with van der Waals surface area (Å²) in [4.78, 5) is 10.9. The molecule has 3 aromatic rings. The second-order valence-corrected chi connectivity index (χ2v) is 6.46. The predicted molar refractivity (Wildman–Crippen MR) is 107 cm³/mol. The number of hydrogen-bond acceptors (Lipinski definition) is 6. The van der Waals surface area contributed by atoms with Crippen LogP contribution in [-0.4, -0.2) is 47.1 Å². The van der Waals surface area contributed by atoms with E-state index >= 15 is 0 Å². The molecule has 1 aromatic carbocycles. The van der Waals surface area contributed by atoms with Gasteiger partial charge in [0.2, 0.25) is 0 Å². The number of anilines is 3. The second-order valence-electron chi connectivity index (χ2n) is 6.46. The number of benzene rings is 1. The number of aryl methyl sites for hydroxylation is 1. The van der Waals surface area contributed by atoms with Crippen molar-refractivity contribution >= 4 is 23.4 Å². The van der Waals surface area contributed by atoms with Gasteiger partial charge in [0.15, 0.2) is 0 Å². The minimum atomic E-state index is 0.726. The fourth-order valence-electron chi connectivity index (χ4n) is 3.20. The maximum Gasteiger partial charge on any atom is 0.130 e. The Bertz CT molecular complexity index is 945. The number of morpholine rings is 1. The van der Waals surface area contributed by atoms with Crippen molar-refractivity contribution in [1.29, 1.82) is 5.41 Å². The van der Waals surface area contributed by atoms with Crippen LogP contribution in [0.3, 0.4) is 0 Å². The molecule has 0 unspecified atom stereocenters. The van der Waals surface area contributed by atoms with E-state index in [1.54, 1.807) is 6.33 Å². The van der Waals surface area contributed by atoms with Gasteiger partial charge in [-0.15, -0.1) is 0 Å². The first-order valence-electron chi connectivity index (χ1n) is 8.91. The van der Waals surface area contributed by atoms with Crippen LogP contribution in [0.5, 0.6) is 0 Å². The van der Waals surface area contributed by atoms with Crippen LogP contribution < -0.4 is 10.2 Å². The SMILES string of the molecule is Cn1cncc1-c1ccc(C=N)c(Nc2ccnc(N3CCOCC3)c2)c1. The number of pyridine rings is 1. The fraction of sp³-hybridized carbons (Fsp3) is 0.250. The average molecular weight is 362 g/mol. The van der Waals surface area contributed by atoms with Crippen LogP contribution in [0.4, 0.5) is 17.2 Å². The first kappa shape index (κ1) is 17.2. The molecule has 7 nitrogen and oxygen atoms in total. The monoisotopic (exact) mass is 362 g/mol. The Hall–Kier alpha value is -3.19. The van der Waals surface area contributed by atoms with Crippen molar-refractivity contribution in [3.05, 3.63) is 54.6 Å². The number of ether oxygens (including phenoxy) is 1. The molecule has 0 aliphatic carbocycles. The molecule has 138 valence electrons. The van der Waals surface area contributed by atoms with Crippen molar-refractivity contribution in [2.75, 3.05) is 36.5 Å². The molecule has 2 aromatic heterocycles. The summed E-state index contributed by atoms with van der Waals surface area (Å²) >= 11 is 0. The molecule has 1 aliphatic heterocycles. The van der Waals surface area contributed by atoms with Crippen LogP contribution in [0.2, 0.25) is 0 Å². The molecule has 27 heavy (non-hydrogen) atoms. The van der Waals surface area contributed by atoms with Gasteiger partial charge >= 0.3 is 0 Å². The summed E-state index contributed by atoms with van der Waals surface area (Å²) in [6, 6.07) is 9.98. The number of aromatic nitrogens is 3. The summed E-state index contributed by atoms with van der Waals surface area (Å²) in [6.07, 6.45) is 6.79. The molecule has 3 heterocycles. The third kappa shape index (κ3) is 3.68. The fourth-order valence-corrected chi connectivity index (χ4v) is 3.20. The van der Waals surface area contributed by atoms with Gasteiger partial charge in [-0.2, -0.15) is 0 Å². The van der Waals surface area contributed by atoms with E-state index in [2.05, 4.69) is 20.2 Å². The lowest BCUT2D eigenvalue weighted by Gasteiger charge is -2.28. The van der Waals surface area contributed by atoms with Gasteiger partial charge in [-0.3, -0.25) is 0 Å². The minimum absolute atomic E-state index is 0.726. The Kier molecular flexibility index (Phi) is 4.84. The summed E-state index contributed by atoms with van der Waals surface area (Å²) < 4.78 is 7.40. The Morgan fingerprint density at radius 2 is 2.04 bits per heavy atom. The summed E-state index contributed by atoms with van der Waals surface area (Å²) in [5, 5.41) is 11.2. The van der Waals surface area contributed by atoms with Gasteiger partial charge < -0.3 is 24.9 Å². The molecule has 1 aliphatic rings. The number of hydrogen-bond donors (Lipinski definition) is 2. The highest BCUT2D eigenvalue weighted by molar-refractivity contribution is 5.89. The van der Waals surface area contributed by atoms with Crippen molar-refractivity contribution in [3.63, 3.8) is 0 Å². The van der Waals surface area contributed by atoms with Gasteiger partial charge in [-0.05, 0) is 12.1 Å². The first-order chi connectivity index (χ1) is 13.2. The molecular formula is C20H22N6O. The lowest BCUT2D eigenvalue weighted by Crippen LogP contribution is -2.36. The molecule has 0 amide bonds. The molecule has 4 rings (SSSR count). The maximum absolute atomic E-state index is 7.72. The van der Waals surface area contributed by atoms with Crippen LogP contribution in [0.25, 0.3) is 11.3 Å². The Balaban J connectivity index is 1.63. The van der Waals surface area contributed by atoms with E-state index in [-0.39, 0.29) is 0 Å². The summed E-state index contributed by atoms with van der Waals surface area (Å²) in [7, 11) is 1.97. The quantitative estimate of drug-likeness (QED) is 0.682. The smallest absolute Gasteiger partial charge is 0.130 e. The Labute approximate surface area is 158 Å². The zero-order valence-corrected chi connectivity index (χ0v) is 15.2. The van der Waals surface area contributed by atoms with Gasteiger partial charge in [0.05, 0.1) is 31.4 Å². The topological polar surface area (TPSA) is 79.1 Å². The van der Waals surface area contributed by atoms with Gasteiger partial charge in [-0.1, -0.05) is 12.1 Å². The van der Waals surface area contributed by atoms with Crippen molar-refractivity contribution in [2.24, 2.45) is 7.05 Å². The number of nitrogens with zero attached hydrogens (tertiary/aromatic N) is 4. The van der Waals surface area contributed by atoms with E-state index in [1.807, 2.05) is 54.3 Å². The largest absolute Gasteiger partial charge is 0.378 e. The standard InChI is InChI=1S/C20H22N6O/c1-25-14-22-13-19(25)15-2-3-16(12-21)18(10-15)24-17-4-5-23-20(11-17)26-6-8-27-9-7-26/h2-5,10-14,21H,6-9H2,1H3,(H,23,24). The van der Waals surface area contributed by atoms with Crippen LogP contribution in [0, 0.1) is 5.41 Å². The highest BCUT2D eigenvalue weighted by Gasteiger charge is 2.13. The first-order valence-corrected chi connectivity index (χ1v) is 8.91. The molecule has 1 fully saturated rings. The van der Waals surface area contributed by atoms with E-state index in [1.165, 1.54) is 6.21 Å². The van der Waals surface area contributed by atoms with Crippen LogP contribution in [-0.2, 0) is 11.8 Å². The van der Waals surface area contributed by atoms with Crippen LogP contribution in [0.1, 0.15) is 5.56 Å². The zero-order valence-electron chi connectivity index (χ0n) is 15.2. The van der Waals surface area contributed by atoms with E-state index < -0.39 is 0 Å². The molecule has 0 bridgehead atoms. The highest BCUT2D eigenvalue weighted by Crippen LogP contribution is 2.28. The Morgan fingerprint density at radius 3 is 2.78 bits per heavy atom. The van der Waals surface area contributed by atoms with Gasteiger partial charge in [0.1, 0.15) is 5.82 Å². The van der Waals surface area contributed by atoms with E-state index in [4.69, 9.17) is 10.1 Å². The summed E-state index contributed by atoms with van der Waals surface area (Å²) in [6.45, 7) is 3.14. The summed E-state index contributed by atoms with van der Waals surface area (Å²) in [5.41, 5.74) is 4.72. The third-order valence-corrected chi connectivity index (χ3v) is 4.68.